The summed E-state index contributed by atoms with van der Waals surface area (Å²) in [7, 11) is 3.40. The summed E-state index contributed by atoms with van der Waals surface area (Å²) in [6.07, 6.45) is 11.0. The first-order valence-corrected chi connectivity index (χ1v) is 8.73. The van der Waals surface area contributed by atoms with Gasteiger partial charge in [0.05, 0.1) is 14.2 Å². The third-order valence-corrected chi connectivity index (χ3v) is 5.64. The van der Waals surface area contributed by atoms with Crippen molar-refractivity contribution in [3.8, 4) is 11.5 Å². The van der Waals surface area contributed by atoms with E-state index < -0.39 is 0 Å². The number of likely N-dealkylation sites (tertiary alicyclic amines) is 1. The SMILES string of the molecule is COc1ccc(CCN2CCCC23CCCCC3)cc1OC. The van der Waals surface area contributed by atoms with Crippen molar-refractivity contribution in [3.05, 3.63) is 23.8 Å². The summed E-state index contributed by atoms with van der Waals surface area (Å²) in [6.45, 7) is 2.46. The third kappa shape index (κ3) is 3.10. The molecule has 0 bridgehead atoms. The highest BCUT2D eigenvalue weighted by Gasteiger charge is 2.40. The molecule has 0 radical (unpaired) electrons. The van der Waals surface area contributed by atoms with Crippen LogP contribution in [0.5, 0.6) is 11.5 Å². The van der Waals surface area contributed by atoms with Crippen molar-refractivity contribution in [1.82, 2.24) is 4.90 Å². The van der Waals surface area contributed by atoms with E-state index in [1.165, 1.54) is 63.6 Å². The molecule has 0 amide bonds. The Morgan fingerprint density at radius 2 is 1.68 bits per heavy atom. The molecule has 122 valence electrons. The van der Waals surface area contributed by atoms with Gasteiger partial charge in [-0.15, -0.1) is 0 Å². The summed E-state index contributed by atoms with van der Waals surface area (Å²) in [5.74, 6) is 1.66. The first kappa shape index (κ1) is 15.7. The molecule has 1 aromatic carbocycles. The second-order valence-electron chi connectivity index (χ2n) is 6.81. The average Bonchev–Trinajstić information content (AvgIpc) is 2.95. The van der Waals surface area contributed by atoms with E-state index in [1.807, 2.05) is 6.07 Å². The lowest BCUT2D eigenvalue weighted by Crippen LogP contribution is -2.46. The largest absolute Gasteiger partial charge is 0.493 e. The zero-order valence-electron chi connectivity index (χ0n) is 14.1. The van der Waals surface area contributed by atoms with Gasteiger partial charge in [-0.25, -0.2) is 0 Å². The highest BCUT2D eigenvalue weighted by Crippen LogP contribution is 2.41. The molecule has 1 spiro atoms. The van der Waals surface area contributed by atoms with Crippen molar-refractivity contribution in [1.29, 1.82) is 0 Å². The molecule has 1 aromatic rings. The number of methoxy groups -OCH3 is 2. The second kappa shape index (κ2) is 6.91. The monoisotopic (exact) mass is 303 g/mol. The van der Waals surface area contributed by atoms with Crippen molar-refractivity contribution in [3.63, 3.8) is 0 Å². The molecule has 2 fully saturated rings. The van der Waals surface area contributed by atoms with E-state index in [-0.39, 0.29) is 0 Å². The fraction of sp³-hybridized carbons (Fsp3) is 0.684. The minimum atomic E-state index is 0.537. The Morgan fingerprint density at radius 3 is 2.41 bits per heavy atom. The van der Waals surface area contributed by atoms with Crippen molar-refractivity contribution in [2.24, 2.45) is 0 Å². The fourth-order valence-electron chi connectivity index (χ4n) is 4.42. The van der Waals surface area contributed by atoms with Crippen molar-refractivity contribution in [2.75, 3.05) is 27.3 Å². The van der Waals surface area contributed by atoms with E-state index in [4.69, 9.17) is 9.47 Å². The number of ether oxygens (including phenoxy) is 2. The molecule has 1 saturated carbocycles. The van der Waals surface area contributed by atoms with E-state index in [2.05, 4.69) is 17.0 Å². The molecule has 0 unspecified atom stereocenters. The summed E-state index contributed by atoms with van der Waals surface area (Å²) in [4.78, 5) is 2.78. The van der Waals surface area contributed by atoms with Crippen molar-refractivity contribution >= 4 is 0 Å². The van der Waals surface area contributed by atoms with Gasteiger partial charge in [-0.2, -0.15) is 0 Å². The van der Waals surface area contributed by atoms with E-state index in [9.17, 15) is 0 Å². The van der Waals surface area contributed by atoms with Gasteiger partial charge in [-0.1, -0.05) is 25.3 Å². The molecule has 0 N–H and O–H groups in total. The Kier molecular flexibility index (Phi) is 4.92. The fourth-order valence-corrected chi connectivity index (χ4v) is 4.42. The van der Waals surface area contributed by atoms with Gasteiger partial charge >= 0.3 is 0 Å². The first-order valence-electron chi connectivity index (χ1n) is 8.73. The Bertz CT molecular complexity index is 494. The van der Waals surface area contributed by atoms with Gasteiger partial charge in [0.15, 0.2) is 11.5 Å². The van der Waals surface area contributed by atoms with E-state index in [1.54, 1.807) is 14.2 Å². The summed E-state index contributed by atoms with van der Waals surface area (Å²) in [6, 6.07) is 6.32. The maximum Gasteiger partial charge on any atom is 0.160 e. The van der Waals surface area contributed by atoms with Crippen LogP contribution in [0.3, 0.4) is 0 Å². The van der Waals surface area contributed by atoms with Crippen LogP contribution in [0.15, 0.2) is 18.2 Å². The molecule has 1 saturated heterocycles. The minimum absolute atomic E-state index is 0.537. The lowest BCUT2D eigenvalue weighted by atomic mass is 9.79. The van der Waals surface area contributed by atoms with Crippen LogP contribution in [-0.2, 0) is 6.42 Å². The van der Waals surface area contributed by atoms with Crippen LogP contribution < -0.4 is 9.47 Å². The van der Waals surface area contributed by atoms with Crippen LogP contribution in [0, 0.1) is 0 Å². The Hall–Kier alpha value is -1.22. The Morgan fingerprint density at radius 1 is 0.955 bits per heavy atom. The van der Waals surface area contributed by atoms with Crippen LogP contribution in [-0.4, -0.2) is 37.7 Å². The normalized spacial score (nSPS) is 21.2. The molecular weight excluding hydrogens is 274 g/mol. The number of nitrogens with zero attached hydrogens (tertiary/aromatic N) is 1. The number of hydrogen-bond acceptors (Lipinski definition) is 3. The maximum atomic E-state index is 5.42. The van der Waals surface area contributed by atoms with Crippen LogP contribution >= 0.6 is 0 Å². The summed E-state index contributed by atoms with van der Waals surface area (Å²) >= 11 is 0. The van der Waals surface area contributed by atoms with Gasteiger partial charge in [0.1, 0.15) is 0 Å². The third-order valence-electron chi connectivity index (χ3n) is 5.64. The molecule has 3 rings (SSSR count). The lowest BCUT2D eigenvalue weighted by Gasteiger charge is -2.42. The lowest BCUT2D eigenvalue weighted by molar-refractivity contribution is 0.0941. The molecule has 2 aliphatic rings. The van der Waals surface area contributed by atoms with Gasteiger partial charge in [-0.3, -0.25) is 4.90 Å². The topological polar surface area (TPSA) is 21.7 Å². The smallest absolute Gasteiger partial charge is 0.160 e. The minimum Gasteiger partial charge on any atom is -0.493 e. The van der Waals surface area contributed by atoms with Gasteiger partial charge in [0.2, 0.25) is 0 Å². The van der Waals surface area contributed by atoms with Crippen molar-refractivity contribution in [2.45, 2.75) is 56.9 Å². The van der Waals surface area contributed by atoms with E-state index in [0.717, 1.165) is 17.9 Å². The predicted octanol–water partition coefficient (Wildman–Crippen LogP) is 4.05. The van der Waals surface area contributed by atoms with E-state index in [0.29, 0.717) is 5.54 Å². The summed E-state index contributed by atoms with van der Waals surface area (Å²) in [5.41, 5.74) is 1.88. The summed E-state index contributed by atoms with van der Waals surface area (Å²) in [5, 5.41) is 0. The number of hydrogen-bond donors (Lipinski definition) is 0. The van der Waals surface area contributed by atoms with Gasteiger partial charge in [-0.05, 0) is 56.3 Å². The van der Waals surface area contributed by atoms with Crippen molar-refractivity contribution < 1.29 is 9.47 Å². The number of benzene rings is 1. The van der Waals surface area contributed by atoms with Gasteiger partial charge in [0.25, 0.3) is 0 Å². The highest BCUT2D eigenvalue weighted by molar-refractivity contribution is 5.42. The Balaban J connectivity index is 1.64. The molecule has 3 nitrogen and oxygen atoms in total. The maximum absolute atomic E-state index is 5.42. The zero-order chi connectivity index (χ0) is 15.4. The molecular formula is C19H29NO2. The molecule has 22 heavy (non-hydrogen) atoms. The quantitative estimate of drug-likeness (QED) is 0.819. The van der Waals surface area contributed by atoms with Crippen LogP contribution in [0.2, 0.25) is 0 Å². The summed E-state index contributed by atoms with van der Waals surface area (Å²) < 4.78 is 10.7. The molecule has 0 aromatic heterocycles. The molecule has 3 heteroatoms. The molecule has 1 aliphatic carbocycles. The van der Waals surface area contributed by atoms with E-state index >= 15 is 0 Å². The van der Waals surface area contributed by atoms with Gasteiger partial charge in [0, 0.05) is 12.1 Å². The zero-order valence-corrected chi connectivity index (χ0v) is 14.1. The van der Waals surface area contributed by atoms with Crippen LogP contribution in [0.4, 0.5) is 0 Å². The Labute approximate surface area is 134 Å². The van der Waals surface area contributed by atoms with Crippen LogP contribution in [0.1, 0.15) is 50.5 Å². The first-order chi connectivity index (χ1) is 10.8. The average molecular weight is 303 g/mol. The second-order valence-corrected chi connectivity index (χ2v) is 6.81. The highest BCUT2D eigenvalue weighted by atomic mass is 16.5. The molecule has 0 atom stereocenters. The molecule has 1 heterocycles. The number of rotatable bonds is 5. The predicted molar refractivity (Wildman–Crippen MR) is 89.9 cm³/mol. The van der Waals surface area contributed by atoms with Gasteiger partial charge < -0.3 is 9.47 Å². The standard InChI is InChI=1S/C19H29NO2/c1-21-17-8-7-16(15-18(17)22-2)9-14-20-13-6-12-19(20)10-4-3-5-11-19/h7-8,15H,3-6,9-14H2,1-2H3. The van der Waals surface area contributed by atoms with Crippen LogP contribution in [0.25, 0.3) is 0 Å². The molecule has 1 aliphatic heterocycles.